The van der Waals surface area contributed by atoms with E-state index in [1.807, 2.05) is 36.4 Å². The summed E-state index contributed by atoms with van der Waals surface area (Å²) in [5.41, 5.74) is 2.39. The fourth-order valence-corrected chi connectivity index (χ4v) is 3.38. The van der Waals surface area contributed by atoms with Crippen LogP contribution in [-0.4, -0.2) is 28.0 Å². The van der Waals surface area contributed by atoms with Gasteiger partial charge >= 0.3 is 0 Å². The van der Waals surface area contributed by atoms with Crippen molar-refractivity contribution < 1.29 is 13.7 Å². The van der Waals surface area contributed by atoms with Crippen LogP contribution in [0.25, 0.3) is 0 Å². The molecular formula is C22H29BNO3S. The number of aryl methyl sites for hydroxylation is 1. The molecule has 1 atom stereocenters. The lowest BCUT2D eigenvalue weighted by Crippen LogP contribution is -2.27. The van der Waals surface area contributed by atoms with Gasteiger partial charge in [0, 0.05) is 13.0 Å². The summed E-state index contributed by atoms with van der Waals surface area (Å²) in [4.78, 5) is 12.3. The zero-order valence-electron chi connectivity index (χ0n) is 17.6. The van der Waals surface area contributed by atoms with Crippen LogP contribution in [0.2, 0.25) is 0 Å². The summed E-state index contributed by atoms with van der Waals surface area (Å²) >= 11 is 0.947. The van der Waals surface area contributed by atoms with E-state index in [1.165, 1.54) is 5.56 Å². The number of nitrogens with one attached hydrogen (secondary N) is 1. The first kappa shape index (κ1) is 20.7. The molecule has 2 aromatic rings. The molecule has 6 heteroatoms. The minimum absolute atomic E-state index is 0.123. The number of amides is 1. The molecule has 0 saturated heterocycles. The minimum Gasteiger partial charge on any atom is -0.493 e. The molecule has 0 bridgehead atoms. The Morgan fingerprint density at radius 3 is 2.71 bits per heavy atom. The number of carbonyl (C=O) groups excluding carboxylic acids is 1. The summed E-state index contributed by atoms with van der Waals surface area (Å²) in [6, 6.07) is 16.0. The number of hydrogen-bond acceptors (Lipinski definition) is 4. The molecule has 0 aliphatic carbocycles. The van der Waals surface area contributed by atoms with Crippen LogP contribution in [0.5, 0.6) is 11.5 Å². The van der Waals surface area contributed by atoms with Crippen molar-refractivity contribution in [2.24, 2.45) is 5.92 Å². The van der Waals surface area contributed by atoms with E-state index in [4.69, 9.17) is 10.3 Å². The SMILES string of the molecule is [3H][B]SOc1ccc(CCC(CC)CC(=O)NCCc2ccccc2)cc1OC. The Bertz CT molecular complexity index is 748. The van der Waals surface area contributed by atoms with Crippen molar-refractivity contribution in [2.45, 2.75) is 39.0 Å². The first-order valence-electron chi connectivity index (χ1n) is 10.2. The van der Waals surface area contributed by atoms with Crippen LogP contribution in [0.15, 0.2) is 48.5 Å². The van der Waals surface area contributed by atoms with Gasteiger partial charge in [0.1, 0.15) is 0 Å². The van der Waals surface area contributed by atoms with Crippen LogP contribution < -0.4 is 14.2 Å². The molecule has 0 heterocycles. The van der Waals surface area contributed by atoms with Crippen LogP contribution in [-0.2, 0) is 17.6 Å². The molecule has 0 spiro atoms. The zero-order valence-corrected chi connectivity index (χ0v) is 17.5. The fourth-order valence-electron chi connectivity index (χ4n) is 3.13. The molecule has 4 nitrogen and oxygen atoms in total. The summed E-state index contributed by atoms with van der Waals surface area (Å²) in [5, 5.41) is 3.04. The third kappa shape index (κ3) is 7.51. The van der Waals surface area contributed by atoms with Gasteiger partial charge in [-0.25, -0.2) is 0 Å². The normalized spacial score (nSPS) is 12.0. The third-order valence-corrected chi connectivity index (χ3v) is 5.11. The topological polar surface area (TPSA) is 47.6 Å². The van der Waals surface area contributed by atoms with Crippen molar-refractivity contribution in [3.63, 3.8) is 0 Å². The number of carbonyl (C=O) groups is 1. The number of ether oxygens (including phenoxy) is 1. The quantitative estimate of drug-likeness (QED) is 0.404. The molecule has 1 N–H and O–H groups in total. The second kappa shape index (κ2) is 12.4. The lowest BCUT2D eigenvalue weighted by Gasteiger charge is -2.16. The molecule has 0 aliphatic rings. The molecule has 1 radical (unpaired) electrons. The van der Waals surface area contributed by atoms with Crippen molar-refractivity contribution in [1.29, 1.82) is 1.34 Å². The second-order valence-corrected chi connectivity index (χ2v) is 7.13. The number of methoxy groups -OCH3 is 1. The minimum atomic E-state index is 0.123. The van der Waals surface area contributed by atoms with Gasteiger partial charge in [-0.05, 0) is 61.7 Å². The fraction of sp³-hybridized carbons (Fsp3) is 0.409. The molecule has 149 valence electrons. The summed E-state index contributed by atoms with van der Waals surface area (Å²) in [5.74, 6) is 1.73. The van der Waals surface area contributed by atoms with Crippen molar-refractivity contribution in [2.75, 3.05) is 13.7 Å². The Kier molecular flexibility index (Phi) is 9.14. The molecule has 0 fully saturated rings. The Balaban J connectivity index is 1.78. The van der Waals surface area contributed by atoms with E-state index in [1.54, 1.807) is 7.11 Å². The van der Waals surface area contributed by atoms with Gasteiger partial charge in [0.25, 0.3) is 0 Å². The lowest BCUT2D eigenvalue weighted by atomic mass is 9.93. The third-order valence-electron chi connectivity index (χ3n) is 4.84. The Morgan fingerprint density at radius 2 is 2.00 bits per heavy atom. The van der Waals surface area contributed by atoms with Gasteiger partial charge in [-0.3, -0.25) is 4.79 Å². The molecule has 1 amide bonds. The highest BCUT2D eigenvalue weighted by Crippen LogP contribution is 2.31. The summed E-state index contributed by atoms with van der Waals surface area (Å²) in [6.45, 7) is 2.81. The van der Waals surface area contributed by atoms with Crippen LogP contribution in [0, 0.1) is 5.92 Å². The maximum absolute atomic E-state index is 12.3. The second-order valence-electron chi connectivity index (χ2n) is 6.77. The standard InChI is InChI=1S/C22H29BNO3S/c1-3-17(16-22(25)24-14-13-18-7-5-4-6-8-18)9-10-19-11-12-20(27-28-23)21(15-19)26-2/h4-8,11-12,15,17,23H,3,9-10,13-14,16H2,1-2H3,(H,24,25)/i23T. The number of benzene rings is 2. The predicted molar refractivity (Wildman–Crippen MR) is 118 cm³/mol. The van der Waals surface area contributed by atoms with Gasteiger partial charge in [0.15, 0.2) is 11.5 Å². The molecule has 2 rings (SSSR count). The highest BCUT2D eigenvalue weighted by atomic mass is 32.2. The Labute approximate surface area is 175 Å². The largest absolute Gasteiger partial charge is 0.493 e. The number of hydrogen-bond donors (Lipinski definition) is 1. The first-order valence-corrected chi connectivity index (χ1v) is 10.5. The average Bonchev–Trinajstić information content (AvgIpc) is 2.76. The first-order chi connectivity index (χ1) is 14.2. The van der Waals surface area contributed by atoms with Crippen LogP contribution in [0.3, 0.4) is 0 Å². The predicted octanol–water partition coefficient (Wildman–Crippen LogP) is 4.25. The van der Waals surface area contributed by atoms with Gasteiger partial charge in [-0.15, -0.1) is 0 Å². The van der Waals surface area contributed by atoms with E-state index in [0.717, 1.165) is 50.2 Å². The highest BCUT2D eigenvalue weighted by molar-refractivity contribution is 8.16. The van der Waals surface area contributed by atoms with E-state index in [0.29, 0.717) is 30.4 Å². The van der Waals surface area contributed by atoms with E-state index in [9.17, 15) is 4.79 Å². The van der Waals surface area contributed by atoms with Gasteiger partial charge in [0.2, 0.25) is 13.0 Å². The molecular weight excluding hydrogens is 369 g/mol. The maximum atomic E-state index is 12.3. The van der Waals surface area contributed by atoms with Crippen molar-refractivity contribution >= 4 is 24.9 Å². The van der Waals surface area contributed by atoms with Crippen molar-refractivity contribution in [1.82, 2.24) is 5.32 Å². The molecule has 0 aliphatic heterocycles. The molecule has 0 saturated carbocycles. The van der Waals surface area contributed by atoms with Gasteiger partial charge in [-0.2, -0.15) is 0 Å². The summed E-state index contributed by atoms with van der Waals surface area (Å²) in [6.07, 6.45) is 4.21. The summed E-state index contributed by atoms with van der Waals surface area (Å²) in [7, 11) is 2.74. The van der Waals surface area contributed by atoms with Crippen LogP contribution in [0.4, 0.5) is 0 Å². The monoisotopic (exact) mass is 400 g/mol. The zero-order chi connectivity index (χ0) is 20.9. The van der Waals surface area contributed by atoms with Crippen LogP contribution in [0.1, 0.15) is 37.3 Å². The van der Waals surface area contributed by atoms with Gasteiger partial charge in [-0.1, -0.05) is 49.7 Å². The summed E-state index contributed by atoms with van der Waals surface area (Å²) < 4.78 is 17.8. The van der Waals surface area contributed by atoms with E-state index < -0.39 is 0 Å². The van der Waals surface area contributed by atoms with E-state index >= 15 is 0 Å². The van der Waals surface area contributed by atoms with Gasteiger partial charge in [0.05, 0.1) is 7.11 Å². The number of rotatable bonds is 13. The lowest BCUT2D eigenvalue weighted by molar-refractivity contribution is -0.122. The Hall–Kier alpha value is -2.08. The molecule has 28 heavy (non-hydrogen) atoms. The molecule has 1 unspecified atom stereocenters. The van der Waals surface area contributed by atoms with Crippen molar-refractivity contribution in [3.05, 3.63) is 59.7 Å². The molecule has 2 aromatic carbocycles. The van der Waals surface area contributed by atoms with E-state index in [-0.39, 0.29) is 5.91 Å². The average molecular weight is 400 g/mol. The van der Waals surface area contributed by atoms with Crippen LogP contribution >= 0.6 is 11.9 Å². The molecule has 0 aromatic heterocycles. The Morgan fingerprint density at radius 1 is 1.18 bits per heavy atom. The maximum Gasteiger partial charge on any atom is 0.227 e. The van der Waals surface area contributed by atoms with Gasteiger partial charge < -0.3 is 14.2 Å². The smallest absolute Gasteiger partial charge is 0.227 e. The van der Waals surface area contributed by atoms with Crippen molar-refractivity contribution in [3.8, 4) is 11.5 Å². The van der Waals surface area contributed by atoms with E-state index in [2.05, 4.69) is 24.4 Å². The highest BCUT2D eigenvalue weighted by Gasteiger charge is 2.13.